The Kier molecular flexibility index (Phi) is 8.56. The van der Waals surface area contributed by atoms with Gasteiger partial charge < -0.3 is 14.8 Å². The van der Waals surface area contributed by atoms with E-state index in [1.807, 2.05) is 42.5 Å². The van der Waals surface area contributed by atoms with Gasteiger partial charge in [-0.05, 0) is 35.4 Å². The standard InChI is InChI=1S/C23H23ClN2O3S/c1-28-14-15-29-23-20(8-5-13-25-23)26-21(27)16-30-22(17-6-3-2-4-7-17)18-9-11-19(24)12-10-18/h2-13,22H,14-16H2,1H3,(H,26,27). The van der Waals surface area contributed by atoms with Crippen molar-refractivity contribution < 1.29 is 14.3 Å². The van der Waals surface area contributed by atoms with Crippen LogP contribution in [0.2, 0.25) is 5.02 Å². The second-order valence-corrected chi connectivity index (χ2v) is 7.93. The molecule has 1 N–H and O–H groups in total. The molecule has 0 spiro atoms. The summed E-state index contributed by atoms with van der Waals surface area (Å²) in [6.45, 7) is 0.803. The lowest BCUT2D eigenvalue weighted by atomic mass is 10.0. The highest BCUT2D eigenvalue weighted by molar-refractivity contribution is 8.00. The van der Waals surface area contributed by atoms with E-state index in [2.05, 4.69) is 22.4 Å². The van der Waals surface area contributed by atoms with Gasteiger partial charge in [-0.15, -0.1) is 11.8 Å². The SMILES string of the molecule is COCCOc1ncccc1NC(=O)CSC(c1ccccc1)c1ccc(Cl)cc1. The van der Waals surface area contributed by atoms with Crippen molar-refractivity contribution in [2.75, 3.05) is 31.4 Å². The fraction of sp³-hybridized carbons (Fsp3) is 0.217. The van der Waals surface area contributed by atoms with Gasteiger partial charge in [0.25, 0.3) is 0 Å². The molecule has 0 aliphatic rings. The fourth-order valence-electron chi connectivity index (χ4n) is 2.82. The number of carbonyl (C=O) groups is 1. The molecule has 156 valence electrons. The van der Waals surface area contributed by atoms with Crippen molar-refractivity contribution in [3.05, 3.63) is 89.1 Å². The van der Waals surface area contributed by atoms with Gasteiger partial charge in [0.15, 0.2) is 0 Å². The first-order valence-corrected chi connectivity index (χ1v) is 10.9. The van der Waals surface area contributed by atoms with Gasteiger partial charge in [0.2, 0.25) is 11.8 Å². The molecule has 0 aliphatic heterocycles. The summed E-state index contributed by atoms with van der Waals surface area (Å²) < 4.78 is 10.6. The summed E-state index contributed by atoms with van der Waals surface area (Å²) >= 11 is 7.60. The molecule has 1 unspecified atom stereocenters. The molecule has 0 fully saturated rings. The number of carbonyl (C=O) groups excluding carboxylic acids is 1. The lowest BCUT2D eigenvalue weighted by Gasteiger charge is -2.18. The number of hydrogen-bond donors (Lipinski definition) is 1. The predicted molar refractivity (Wildman–Crippen MR) is 122 cm³/mol. The van der Waals surface area contributed by atoms with Gasteiger partial charge in [-0.25, -0.2) is 4.98 Å². The van der Waals surface area contributed by atoms with Crippen LogP contribution in [-0.4, -0.2) is 37.0 Å². The minimum Gasteiger partial charge on any atom is -0.474 e. The van der Waals surface area contributed by atoms with Gasteiger partial charge in [0, 0.05) is 18.3 Å². The Morgan fingerprint density at radius 3 is 2.50 bits per heavy atom. The lowest BCUT2D eigenvalue weighted by Crippen LogP contribution is -2.17. The Bertz CT molecular complexity index is 939. The highest BCUT2D eigenvalue weighted by atomic mass is 35.5. The van der Waals surface area contributed by atoms with Crippen molar-refractivity contribution in [1.82, 2.24) is 4.98 Å². The van der Waals surface area contributed by atoms with E-state index in [1.165, 1.54) is 0 Å². The molecule has 0 bridgehead atoms. The number of benzene rings is 2. The van der Waals surface area contributed by atoms with Crippen LogP contribution in [0.15, 0.2) is 72.9 Å². The molecule has 0 aliphatic carbocycles. The average Bonchev–Trinajstić information content (AvgIpc) is 2.77. The van der Waals surface area contributed by atoms with Crippen molar-refractivity contribution in [1.29, 1.82) is 0 Å². The summed E-state index contributed by atoms with van der Waals surface area (Å²) in [5.74, 6) is 0.527. The van der Waals surface area contributed by atoms with E-state index in [0.29, 0.717) is 29.8 Å². The van der Waals surface area contributed by atoms with Crippen molar-refractivity contribution >= 4 is 35.0 Å². The van der Waals surface area contributed by atoms with Crippen molar-refractivity contribution in [2.45, 2.75) is 5.25 Å². The molecule has 30 heavy (non-hydrogen) atoms. The van der Waals surface area contributed by atoms with E-state index in [-0.39, 0.29) is 16.9 Å². The van der Waals surface area contributed by atoms with E-state index in [0.717, 1.165) is 11.1 Å². The number of anilines is 1. The van der Waals surface area contributed by atoms with Crippen LogP contribution in [0.25, 0.3) is 0 Å². The number of amides is 1. The van der Waals surface area contributed by atoms with Crippen LogP contribution in [0.5, 0.6) is 5.88 Å². The highest BCUT2D eigenvalue weighted by Gasteiger charge is 2.17. The Labute approximate surface area is 185 Å². The fourth-order valence-corrected chi connectivity index (χ4v) is 4.03. The third kappa shape index (κ3) is 6.49. The lowest BCUT2D eigenvalue weighted by molar-refractivity contribution is -0.113. The first-order chi connectivity index (χ1) is 14.7. The van der Waals surface area contributed by atoms with Crippen LogP contribution in [0.1, 0.15) is 16.4 Å². The van der Waals surface area contributed by atoms with Gasteiger partial charge in [0.05, 0.1) is 17.6 Å². The molecule has 3 rings (SSSR count). The Hall–Kier alpha value is -2.54. The maximum atomic E-state index is 12.7. The number of rotatable bonds is 10. The maximum absolute atomic E-state index is 12.7. The molecule has 1 atom stereocenters. The zero-order valence-electron chi connectivity index (χ0n) is 16.6. The Morgan fingerprint density at radius 1 is 1.03 bits per heavy atom. The smallest absolute Gasteiger partial charge is 0.237 e. The summed E-state index contributed by atoms with van der Waals surface area (Å²) in [5, 5.41) is 3.60. The van der Waals surface area contributed by atoms with E-state index in [1.54, 1.807) is 37.2 Å². The highest BCUT2D eigenvalue weighted by Crippen LogP contribution is 2.36. The summed E-state index contributed by atoms with van der Waals surface area (Å²) in [4.78, 5) is 16.8. The zero-order chi connectivity index (χ0) is 21.2. The van der Waals surface area contributed by atoms with Crippen LogP contribution in [0.4, 0.5) is 5.69 Å². The summed E-state index contributed by atoms with van der Waals surface area (Å²) in [7, 11) is 1.60. The van der Waals surface area contributed by atoms with Crippen LogP contribution in [0, 0.1) is 0 Å². The number of nitrogens with zero attached hydrogens (tertiary/aromatic N) is 1. The number of aromatic nitrogens is 1. The van der Waals surface area contributed by atoms with Crippen LogP contribution in [-0.2, 0) is 9.53 Å². The molecule has 1 amide bonds. The number of methoxy groups -OCH3 is 1. The topological polar surface area (TPSA) is 60.5 Å². The van der Waals surface area contributed by atoms with Gasteiger partial charge >= 0.3 is 0 Å². The molecular formula is C23H23ClN2O3S. The molecule has 1 heterocycles. The molecule has 1 aromatic heterocycles. The number of hydrogen-bond acceptors (Lipinski definition) is 5. The molecule has 3 aromatic rings. The van der Waals surface area contributed by atoms with Crippen LogP contribution in [0.3, 0.4) is 0 Å². The molecule has 7 heteroatoms. The molecule has 0 saturated heterocycles. The first-order valence-electron chi connectivity index (χ1n) is 9.46. The van der Waals surface area contributed by atoms with Crippen LogP contribution < -0.4 is 10.1 Å². The molecule has 5 nitrogen and oxygen atoms in total. The first kappa shape index (κ1) is 22.2. The second kappa shape index (κ2) is 11.6. The summed E-state index contributed by atoms with van der Waals surface area (Å²) in [6, 6.07) is 21.3. The molecule has 0 radical (unpaired) electrons. The average molecular weight is 443 g/mol. The molecule has 2 aromatic carbocycles. The van der Waals surface area contributed by atoms with Crippen LogP contribution >= 0.6 is 23.4 Å². The van der Waals surface area contributed by atoms with E-state index >= 15 is 0 Å². The van der Waals surface area contributed by atoms with Crippen molar-refractivity contribution in [2.24, 2.45) is 0 Å². The third-order valence-electron chi connectivity index (χ3n) is 4.23. The van der Waals surface area contributed by atoms with Crippen molar-refractivity contribution in [3.63, 3.8) is 0 Å². The largest absolute Gasteiger partial charge is 0.474 e. The summed E-state index contributed by atoms with van der Waals surface area (Å²) in [5.41, 5.74) is 2.76. The van der Waals surface area contributed by atoms with E-state index < -0.39 is 0 Å². The molecular weight excluding hydrogens is 420 g/mol. The number of halogens is 1. The van der Waals surface area contributed by atoms with Gasteiger partial charge in [0.1, 0.15) is 12.3 Å². The van der Waals surface area contributed by atoms with Gasteiger partial charge in [-0.3, -0.25) is 4.79 Å². The van der Waals surface area contributed by atoms with E-state index in [4.69, 9.17) is 21.1 Å². The number of ether oxygens (including phenoxy) is 2. The molecule has 0 saturated carbocycles. The minimum absolute atomic E-state index is 0.0144. The third-order valence-corrected chi connectivity index (χ3v) is 5.79. The van der Waals surface area contributed by atoms with Gasteiger partial charge in [-0.2, -0.15) is 0 Å². The summed E-state index contributed by atoms with van der Waals surface area (Å²) in [6.07, 6.45) is 1.62. The number of thioether (sulfide) groups is 1. The normalized spacial score (nSPS) is 11.7. The number of nitrogens with one attached hydrogen (secondary N) is 1. The second-order valence-electron chi connectivity index (χ2n) is 6.40. The minimum atomic E-state index is -0.125. The van der Waals surface area contributed by atoms with Gasteiger partial charge in [-0.1, -0.05) is 54.1 Å². The monoisotopic (exact) mass is 442 g/mol. The maximum Gasteiger partial charge on any atom is 0.237 e. The Balaban J connectivity index is 1.67. The predicted octanol–water partition coefficient (Wildman–Crippen LogP) is 5.22. The quantitative estimate of drug-likeness (QED) is 0.436. The van der Waals surface area contributed by atoms with E-state index in [9.17, 15) is 4.79 Å². The number of pyridine rings is 1. The zero-order valence-corrected chi connectivity index (χ0v) is 18.2. The Morgan fingerprint density at radius 2 is 1.77 bits per heavy atom. The van der Waals surface area contributed by atoms with Crippen molar-refractivity contribution in [3.8, 4) is 5.88 Å².